The Kier molecular flexibility index (Phi) is 15.4. The van der Waals surface area contributed by atoms with E-state index >= 15 is 0 Å². The highest BCUT2D eigenvalue weighted by Gasteiger charge is 2.08. The van der Waals surface area contributed by atoms with Crippen molar-refractivity contribution in [3.05, 3.63) is 0 Å². The van der Waals surface area contributed by atoms with E-state index in [1.165, 1.54) is 57.8 Å². The Morgan fingerprint density at radius 1 is 0.857 bits per heavy atom. The van der Waals surface area contributed by atoms with Crippen LogP contribution in [-0.2, 0) is 4.79 Å². The Morgan fingerprint density at radius 3 is 1.76 bits per heavy atom. The normalized spacial score (nSPS) is 12.3. The summed E-state index contributed by atoms with van der Waals surface area (Å²) in [5.74, 6) is 0.0897. The van der Waals surface area contributed by atoms with Crippen LogP contribution in [0.1, 0.15) is 97.3 Å². The van der Waals surface area contributed by atoms with E-state index in [1.54, 1.807) is 0 Å². The molecule has 1 amide bonds. The van der Waals surface area contributed by atoms with Crippen LogP contribution in [0.5, 0.6) is 0 Å². The second-order valence-corrected chi connectivity index (χ2v) is 6.14. The van der Waals surface area contributed by atoms with Gasteiger partial charge in [-0.25, -0.2) is 0 Å². The number of nitrogens with one attached hydrogen (secondary N) is 1. The highest BCUT2D eigenvalue weighted by molar-refractivity contribution is 5.76. The standard InChI is InChI=1S/C18H37NO2/c1-3-5-6-7-8-9-10-11-12-13-14-15-18(21)19-17(4-2)16-20/h17,20H,3-16H2,1-2H3,(H,19,21). The fraction of sp³-hybridized carbons (Fsp3) is 0.944. The summed E-state index contributed by atoms with van der Waals surface area (Å²) >= 11 is 0. The summed E-state index contributed by atoms with van der Waals surface area (Å²) in [5, 5.41) is 11.9. The van der Waals surface area contributed by atoms with Gasteiger partial charge in [0.25, 0.3) is 0 Å². The third kappa shape index (κ3) is 14.1. The molecule has 0 saturated carbocycles. The lowest BCUT2D eigenvalue weighted by molar-refractivity contribution is -0.122. The zero-order valence-corrected chi connectivity index (χ0v) is 14.3. The van der Waals surface area contributed by atoms with Crippen molar-refractivity contribution in [1.82, 2.24) is 5.32 Å². The molecule has 0 aliphatic rings. The minimum Gasteiger partial charge on any atom is -0.394 e. The van der Waals surface area contributed by atoms with Gasteiger partial charge in [0.2, 0.25) is 5.91 Å². The van der Waals surface area contributed by atoms with Crippen molar-refractivity contribution in [2.75, 3.05) is 6.61 Å². The number of hydrogen-bond donors (Lipinski definition) is 2. The average molecular weight is 299 g/mol. The highest BCUT2D eigenvalue weighted by Crippen LogP contribution is 2.11. The molecule has 1 atom stereocenters. The van der Waals surface area contributed by atoms with Crippen molar-refractivity contribution in [1.29, 1.82) is 0 Å². The quantitative estimate of drug-likeness (QED) is 0.435. The average Bonchev–Trinajstić information content (AvgIpc) is 2.50. The van der Waals surface area contributed by atoms with E-state index in [0.717, 1.165) is 19.3 Å². The van der Waals surface area contributed by atoms with Crippen molar-refractivity contribution in [3.8, 4) is 0 Å². The summed E-state index contributed by atoms with van der Waals surface area (Å²) in [6.07, 6.45) is 15.7. The maximum absolute atomic E-state index is 11.6. The van der Waals surface area contributed by atoms with Gasteiger partial charge in [0, 0.05) is 6.42 Å². The molecule has 0 spiro atoms. The lowest BCUT2D eigenvalue weighted by Crippen LogP contribution is -2.36. The third-order valence-electron chi connectivity index (χ3n) is 4.09. The monoisotopic (exact) mass is 299 g/mol. The van der Waals surface area contributed by atoms with Crippen LogP contribution in [-0.4, -0.2) is 23.7 Å². The van der Waals surface area contributed by atoms with E-state index in [4.69, 9.17) is 5.11 Å². The number of amides is 1. The predicted octanol–water partition coefficient (Wildman–Crippen LogP) is 4.57. The molecule has 0 radical (unpaired) electrons. The van der Waals surface area contributed by atoms with Crippen LogP contribution < -0.4 is 5.32 Å². The van der Waals surface area contributed by atoms with Gasteiger partial charge in [0.05, 0.1) is 12.6 Å². The molecule has 1 unspecified atom stereocenters. The molecule has 0 saturated heterocycles. The fourth-order valence-electron chi connectivity index (χ4n) is 2.53. The molecule has 126 valence electrons. The Bertz CT molecular complexity index is 227. The minimum atomic E-state index is -0.0646. The van der Waals surface area contributed by atoms with Gasteiger partial charge in [-0.2, -0.15) is 0 Å². The topological polar surface area (TPSA) is 49.3 Å². The third-order valence-corrected chi connectivity index (χ3v) is 4.09. The second-order valence-electron chi connectivity index (χ2n) is 6.14. The number of carbonyl (C=O) groups excluding carboxylic acids is 1. The van der Waals surface area contributed by atoms with E-state index in [0.29, 0.717) is 6.42 Å². The van der Waals surface area contributed by atoms with Crippen LogP contribution in [0.15, 0.2) is 0 Å². The fourth-order valence-corrected chi connectivity index (χ4v) is 2.53. The zero-order valence-electron chi connectivity index (χ0n) is 14.3. The summed E-state index contributed by atoms with van der Waals surface area (Å²) in [7, 11) is 0. The summed E-state index contributed by atoms with van der Waals surface area (Å²) in [6, 6.07) is -0.0646. The molecule has 2 N–H and O–H groups in total. The van der Waals surface area contributed by atoms with E-state index < -0.39 is 0 Å². The number of carbonyl (C=O) groups is 1. The molecule has 3 nitrogen and oxygen atoms in total. The van der Waals surface area contributed by atoms with E-state index in [-0.39, 0.29) is 18.6 Å². The number of unbranched alkanes of at least 4 members (excludes halogenated alkanes) is 10. The Labute approximate surface area is 131 Å². The molecule has 3 heteroatoms. The molecule has 0 aromatic rings. The molecular weight excluding hydrogens is 262 g/mol. The molecule has 0 rings (SSSR count). The summed E-state index contributed by atoms with van der Waals surface area (Å²) < 4.78 is 0. The van der Waals surface area contributed by atoms with Crippen molar-refractivity contribution in [2.45, 2.75) is 103 Å². The number of hydrogen-bond acceptors (Lipinski definition) is 2. The largest absolute Gasteiger partial charge is 0.394 e. The van der Waals surface area contributed by atoms with Gasteiger partial charge in [-0.1, -0.05) is 78.1 Å². The van der Waals surface area contributed by atoms with Gasteiger partial charge in [0.15, 0.2) is 0 Å². The van der Waals surface area contributed by atoms with Crippen LogP contribution >= 0.6 is 0 Å². The van der Waals surface area contributed by atoms with Gasteiger partial charge < -0.3 is 10.4 Å². The van der Waals surface area contributed by atoms with Crippen LogP contribution in [0.4, 0.5) is 0 Å². The van der Waals surface area contributed by atoms with Gasteiger partial charge in [-0.3, -0.25) is 4.79 Å². The smallest absolute Gasteiger partial charge is 0.220 e. The first-order valence-corrected chi connectivity index (χ1v) is 9.14. The number of aliphatic hydroxyl groups excluding tert-OH is 1. The number of aliphatic hydroxyl groups is 1. The molecule has 21 heavy (non-hydrogen) atoms. The molecule has 0 aromatic carbocycles. The molecule has 0 aliphatic carbocycles. The first-order valence-electron chi connectivity index (χ1n) is 9.14. The Hall–Kier alpha value is -0.570. The lowest BCUT2D eigenvalue weighted by atomic mass is 10.1. The van der Waals surface area contributed by atoms with Crippen LogP contribution in [0.3, 0.4) is 0 Å². The van der Waals surface area contributed by atoms with Crippen LogP contribution in [0.25, 0.3) is 0 Å². The van der Waals surface area contributed by atoms with Crippen molar-refractivity contribution < 1.29 is 9.90 Å². The first kappa shape index (κ1) is 20.4. The molecule has 0 aromatic heterocycles. The maximum Gasteiger partial charge on any atom is 0.220 e. The minimum absolute atomic E-state index is 0.0422. The van der Waals surface area contributed by atoms with Crippen molar-refractivity contribution in [3.63, 3.8) is 0 Å². The first-order chi connectivity index (χ1) is 10.2. The number of rotatable bonds is 15. The van der Waals surface area contributed by atoms with Gasteiger partial charge >= 0.3 is 0 Å². The van der Waals surface area contributed by atoms with E-state index in [1.807, 2.05) is 6.92 Å². The zero-order chi connectivity index (χ0) is 15.8. The van der Waals surface area contributed by atoms with Gasteiger partial charge in [-0.15, -0.1) is 0 Å². The van der Waals surface area contributed by atoms with Crippen LogP contribution in [0, 0.1) is 0 Å². The molecule has 0 aliphatic heterocycles. The summed E-state index contributed by atoms with van der Waals surface area (Å²) in [5.41, 5.74) is 0. The lowest BCUT2D eigenvalue weighted by Gasteiger charge is -2.13. The van der Waals surface area contributed by atoms with Crippen LogP contribution in [0.2, 0.25) is 0 Å². The van der Waals surface area contributed by atoms with Gasteiger partial charge in [0.1, 0.15) is 0 Å². The van der Waals surface area contributed by atoms with E-state index in [2.05, 4.69) is 12.2 Å². The molecule has 0 heterocycles. The molecular formula is C18H37NO2. The predicted molar refractivity (Wildman–Crippen MR) is 90.4 cm³/mol. The van der Waals surface area contributed by atoms with E-state index in [9.17, 15) is 4.79 Å². The highest BCUT2D eigenvalue weighted by atomic mass is 16.3. The van der Waals surface area contributed by atoms with Gasteiger partial charge in [-0.05, 0) is 12.8 Å². The maximum atomic E-state index is 11.6. The Balaban J connectivity index is 3.23. The van der Waals surface area contributed by atoms with Crippen molar-refractivity contribution in [2.24, 2.45) is 0 Å². The second kappa shape index (κ2) is 15.8. The van der Waals surface area contributed by atoms with Crippen molar-refractivity contribution >= 4 is 5.91 Å². The molecule has 0 fully saturated rings. The summed E-state index contributed by atoms with van der Waals surface area (Å²) in [6.45, 7) is 4.27. The Morgan fingerprint density at radius 2 is 1.33 bits per heavy atom. The molecule has 0 bridgehead atoms. The summed E-state index contributed by atoms with van der Waals surface area (Å²) in [4.78, 5) is 11.6. The SMILES string of the molecule is CCCCCCCCCCCCCC(=O)NC(CC)CO.